The largest absolute Gasteiger partial charge is 0.497 e. The molecule has 2 amide bonds. The monoisotopic (exact) mass is 337 g/mol. The molecule has 0 aromatic heterocycles. The minimum Gasteiger partial charge on any atom is -0.497 e. The summed E-state index contributed by atoms with van der Waals surface area (Å²) in [7, 11) is 1.57. The van der Waals surface area contributed by atoms with Gasteiger partial charge in [0.2, 0.25) is 11.8 Å². The van der Waals surface area contributed by atoms with E-state index >= 15 is 0 Å². The normalized spacial score (nSPS) is 25.8. The summed E-state index contributed by atoms with van der Waals surface area (Å²) in [4.78, 5) is 26.4. The van der Waals surface area contributed by atoms with Gasteiger partial charge in [0, 0.05) is 10.5 Å². The topological polar surface area (TPSA) is 46.6 Å². The minimum absolute atomic E-state index is 0.0614. The highest BCUT2D eigenvalue weighted by atomic mass is 79.9. The van der Waals surface area contributed by atoms with E-state index in [1.165, 1.54) is 4.90 Å². The van der Waals surface area contributed by atoms with Gasteiger partial charge in [0.25, 0.3) is 0 Å². The lowest BCUT2D eigenvalue weighted by Gasteiger charge is -2.19. The molecular formula is C15H16BrNO3. The Labute approximate surface area is 126 Å². The highest BCUT2D eigenvalue weighted by molar-refractivity contribution is 9.10. The molecule has 2 atom stereocenters. The maximum atomic E-state index is 12.5. The first-order chi connectivity index (χ1) is 9.63. The van der Waals surface area contributed by atoms with Crippen LogP contribution < -0.4 is 9.64 Å². The van der Waals surface area contributed by atoms with Crippen molar-refractivity contribution in [1.29, 1.82) is 0 Å². The number of imide groups is 1. The molecule has 106 valence electrons. The smallest absolute Gasteiger partial charge is 0.237 e. The second-order valence-electron chi connectivity index (χ2n) is 5.33. The van der Waals surface area contributed by atoms with Crippen LogP contribution in [0.4, 0.5) is 5.69 Å². The van der Waals surface area contributed by atoms with E-state index in [0.717, 1.165) is 30.2 Å². The van der Waals surface area contributed by atoms with Gasteiger partial charge in [0.1, 0.15) is 5.75 Å². The number of ether oxygens (including phenoxy) is 1. The fraction of sp³-hybridized carbons (Fsp3) is 0.467. The quantitative estimate of drug-likeness (QED) is 0.779. The Morgan fingerprint density at radius 1 is 1.15 bits per heavy atom. The van der Waals surface area contributed by atoms with Gasteiger partial charge in [-0.25, -0.2) is 4.90 Å². The van der Waals surface area contributed by atoms with E-state index in [1.54, 1.807) is 25.3 Å². The van der Waals surface area contributed by atoms with E-state index in [1.807, 2.05) is 0 Å². The summed E-state index contributed by atoms with van der Waals surface area (Å²) in [6.45, 7) is 0. The molecule has 2 fully saturated rings. The number of carbonyl (C=O) groups is 2. The fourth-order valence-corrected chi connectivity index (χ4v) is 3.61. The van der Waals surface area contributed by atoms with Gasteiger partial charge in [-0.2, -0.15) is 0 Å². The summed E-state index contributed by atoms with van der Waals surface area (Å²) in [5.74, 6) is 0.254. The zero-order valence-electron chi connectivity index (χ0n) is 11.3. The van der Waals surface area contributed by atoms with E-state index in [0.29, 0.717) is 11.4 Å². The Hall–Kier alpha value is -1.36. The van der Waals surface area contributed by atoms with Crippen LogP contribution in [-0.2, 0) is 9.59 Å². The Bertz CT molecular complexity index is 548. The van der Waals surface area contributed by atoms with E-state index < -0.39 is 0 Å². The lowest BCUT2D eigenvalue weighted by atomic mass is 9.81. The Morgan fingerprint density at radius 2 is 1.75 bits per heavy atom. The summed E-state index contributed by atoms with van der Waals surface area (Å²) >= 11 is 3.42. The molecule has 0 radical (unpaired) electrons. The van der Waals surface area contributed by atoms with Crippen LogP contribution in [0.25, 0.3) is 0 Å². The van der Waals surface area contributed by atoms with Gasteiger partial charge in [-0.3, -0.25) is 9.59 Å². The molecule has 2 unspecified atom stereocenters. The zero-order valence-corrected chi connectivity index (χ0v) is 12.9. The average molecular weight is 338 g/mol. The van der Waals surface area contributed by atoms with Crippen molar-refractivity contribution >= 4 is 33.4 Å². The number of anilines is 1. The highest BCUT2D eigenvalue weighted by Crippen LogP contribution is 2.42. The molecule has 0 bridgehead atoms. The molecule has 1 aromatic carbocycles. The number of carbonyl (C=O) groups excluding carboxylic acids is 2. The second kappa shape index (κ2) is 5.20. The molecule has 1 aliphatic carbocycles. The van der Waals surface area contributed by atoms with E-state index in [4.69, 9.17) is 4.74 Å². The van der Waals surface area contributed by atoms with Gasteiger partial charge in [-0.15, -0.1) is 0 Å². The zero-order chi connectivity index (χ0) is 14.3. The highest BCUT2D eigenvalue weighted by Gasteiger charge is 2.49. The standard InChI is InChI=1S/C15H16BrNO3/c1-20-9-6-7-12(16)13(8-9)17-14(18)10-4-2-3-5-11(10)15(17)19/h6-8,10-11H,2-5H2,1H3. The third kappa shape index (κ3) is 2.04. The lowest BCUT2D eigenvalue weighted by molar-refractivity contribution is -0.122. The van der Waals surface area contributed by atoms with E-state index in [9.17, 15) is 9.59 Å². The van der Waals surface area contributed by atoms with Gasteiger partial charge >= 0.3 is 0 Å². The van der Waals surface area contributed by atoms with Crippen LogP contribution in [-0.4, -0.2) is 18.9 Å². The van der Waals surface area contributed by atoms with E-state index in [2.05, 4.69) is 15.9 Å². The number of benzene rings is 1. The first kappa shape index (κ1) is 13.6. The molecule has 1 heterocycles. The first-order valence-corrected chi connectivity index (χ1v) is 7.64. The third-order valence-electron chi connectivity index (χ3n) is 4.24. The van der Waals surface area contributed by atoms with Crippen LogP contribution in [0.15, 0.2) is 22.7 Å². The Morgan fingerprint density at radius 3 is 2.30 bits per heavy atom. The molecule has 0 spiro atoms. The van der Waals surface area contributed by atoms with Crippen LogP contribution in [0.1, 0.15) is 25.7 Å². The summed E-state index contributed by atoms with van der Waals surface area (Å²) in [6.07, 6.45) is 3.72. The maximum absolute atomic E-state index is 12.5. The molecule has 3 rings (SSSR count). The van der Waals surface area contributed by atoms with Crippen molar-refractivity contribution in [1.82, 2.24) is 0 Å². The fourth-order valence-electron chi connectivity index (χ4n) is 3.19. The predicted molar refractivity (Wildman–Crippen MR) is 78.6 cm³/mol. The molecule has 1 aromatic rings. The van der Waals surface area contributed by atoms with Gasteiger partial charge < -0.3 is 4.74 Å². The number of methoxy groups -OCH3 is 1. The van der Waals surface area contributed by atoms with Gasteiger partial charge in [-0.05, 0) is 40.9 Å². The number of halogens is 1. The van der Waals surface area contributed by atoms with Crippen LogP contribution >= 0.6 is 15.9 Å². The Kier molecular flexibility index (Phi) is 3.54. The molecule has 5 heteroatoms. The molecule has 20 heavy (non-hydrogen) atoms. The second-order valence-corrected chi connectivity index (χ2v) is 6.18. The minimum atomic E-state index is -0.130. The van der Waals surface area contributed by atoms with Crippen molar-refractivity contribution in [3.05, 3.63) is 22.7 Å². The maximum Gasteiger partial charge on any atom is 0.237 e. The number of fused-ring (bicyclic) bond motifs is 1. The summed E-state index contributed by atoms with van der Waals surface area (Å²) in [5, 5.41) is 0. The van der Waals surface area contributed by atoms with Crippen molar-refractivity contribution in [2.75, 3.05) is 12.0 Å². The van der Waals surface area contributed by atoms with Crippen LogP contribution in [0.3, 0.4) is 0 Å². The molecular weight excluding hydrogens is 322 g/mol. The van der Waals surface area contributed by atoms with Crippen molar-refractivity contribution in [2.45, 2.75) is 25.7 Å². The molecule has 4 nitrogen and oxygen atoms in total. The number of nitrogens with zero attached hydrogens (tertiary/aromatic N) is 1. The summed E-state index contributed by atoms with van der Waals surface area (Å²) in [6, 6.07) is 5.33. The average Bonchev–Trinajstić information content (AvgIpc) is 2.72. The van der Waals surface area contributed by atoms with Crippen molar-refractivity contribution in [3.8, 4) is 5.75 Å². The lowest BCUT2D eigenvalue weighted by Crippen LogP contribution is -2.31. The van der Waals surface area contributed by atoms with Crippen molar-refractivity contribution in [3.63, 3.8) is 0 Å². The first-order valence-electron chi connectivity index (χ1n) is 6.85. The number of hydrogen-bond donors (Lipinski definition) is 0. The summed E-state index contributed by atoms with van der Waals surface area (Å²) in [5.41, 5.74) is 0.591. The number of rotatable bonds is 2. The van der Waals surface area contributed by atoms with Crippen LogP contribution in [0, 0.1) is 11.8 Å². The van der Waals surface area contributed by atoms with Crippen LogP contribution in [0.5, 0.6) is 5.75 Å². The SMILES string of the molecule is COc1ccc(Br)c(N2C(=O)C3CCCCC3C2=O)c1. The molecule has 2 aliphatic rings. The predicted octanol–water partition coefficient (Wildman–Crippen LogP) is 3.14. The molecule has 1 saturated heterocycles. The van der Waals surface area contributed by atoms with Crippen molar-refractivity contribution < 1.29 is 14.3 Å². The van der Waals surface area contributed by atoms with Crippen molar-refractivity contribution in [2.24, 2.45) is 11.8 Å². The van der Waals surface area contributed by atoms with Crippen LogP contribution in [0.2, 0.25) is 0 Å². The molecule has 1 saturated carbocycles. The molecule has 1 aliphatic heterocycles. The molecule has 0 N–H and O–H groups in total. The number of hydrogen-bond acceptors (Lipinski definition) is 3. The van der Waals surface area contributed by atoms with Gasteiger partial charge in [0.15, 0.2) is 0 Å². The van der Waals surface area contributed by atoms with E-state index in [-0.39, 0.29) is 23.7 Å². The van der Waals surface area contributed by atoms with Gasteiger partial charge in [0.05, 0.1) is 24.6 Å². The third-order valence-corrected chi connectivity index (χ3v) is 4.91. The summed E-state index contributed by atoms with van der Waals surface area (Å²) < 4.78 is 5.92. The Balaban J connectivity index is 2.01. The van der Waals surface area contributed by atoms with Gasteiger partial charge in [-0.1, -0.05) is 12.8 Å². The number of amides is 2.